The molecule has 0 saturated heterocycles. The van der Waals surface area contributed by atoms with Gasteiger partial charge in [0.25, 0.3) is 0 Å². The summed E-state index contributed by atoms with van der Waals surface area (Å²) in [5, 5.41) is 27.1. The van der Waals surface area contributed by atoms with E-state index in [1.54, 1.807) is 48.5 Å². The molecule has 3 rings (SSSR count). The van der Waals surface area contributed by atoms with Crippen LogP contribution in [0.15, 0.2) is 79.4 Å². The van der Waals surface area contributed by atoms with E-state index in [4.69, 9.17) is 19.2 Å². The number of hydrogen-bond donors (Lipinski definition) is 3. The van der Waals surface area contributed by atoms with Crippen LogP contribution in [-0.4, -0.2) is 35.8 Å². The van der Waals surface area contributed by atoms with E-state index in [-0.39, 0.29) is 13.2 Å². The maximum Gasteiger partial charge on any atom is 0.504 e. The molecule has 32 heavy (non-hydrogen) atoms. The van der Waals surface area contributed by atoms with Crippen molar-refractivity contribution in [3.05, 3.63) is 102 Å². The van der Waals surface area contributed by atoms with Gasteiger partial charge in [0.2, 0.25) is 0 Å². The van der Waals surface area contributed by atoms with Crippen LogP contribution in [-0.2, 0) is 22.7 Å². The molecule has 162 valence electrons. The van der Waals surface area contributed by atoms with Gasteiger partial charge in [-0.25, -0.2) is 4.79 Å². The van der Waals surface area contributed by atoms with Crippen molar-refractivity contribution in [1.82, 2.24) is 0 Å². The molecule has 0 fully saturated rings. The van der Waals surface area contributed by atoms with Crippen LogP contribution in [0.25, 0.3) is 5.76 Å². The molecular formula is C23H22B2O7. The largest absolute Gasteiger partial charge is 0.539 e. The minimum atomic E-state index is -1.53. The Labute approximate surface area is 187 Å². The fraction of sp³-hybridized carbons (Fsp3) is 0.0870. The van der Waals surface area contributed by atoms with E-state index in [1.807, 2.05) is 24.3 Å². The lowest BCUT2D eigenvalue weighted by atomic mass is 9.80. The van der Waals surface area contributed by atoms with Crippen molar-refractivity contribution in [2.45, 2.75) is 13.2 Å². The first kappa shape index (κ1) is 23.1. The quantitative estimate of drug-likeness (QED) is 0.254. The first-order valence-corrected chi connectivity index (χ1v) is 9.83. The molecule has 0 atom stereocenters. The maximum absolute atomic E-state index is 12.3. The topological polar surface area (TPSA) is 105 Å². The summed E-state index contributed by atoms with van der Waals surface area (Å²) in [6, 6.07) is 20.3. The zero-order valence-electron chi connectivity index (χ0n) is 17.3. The lowest BCUT2D eigenvalue weighted by molar-refractivity contribution is 0.0470. The fourth-order valence-corrected chi connectivity index (χ4v) is 2.92. The van der Waals surface area contributed by atoms with Crippen LogP contribution in [0.1, 0.15) is 27.0 Å². The molecular weight excluding hydrogens is 410 g/mol. The zero-order valence-corrected chi connectivity index (χ0v) is 17.3. The van der Waals surface area contributed by atoms with Gasteiger partial charge in [-0.2, -0.15) is 0 Å². The van der Waals surface area contributed by atoms with E-state index < -0.39 is 20.8 Å². The molecule has 0 saturated carbocycles. The first-order valence-electron chi connectivity index (χ1n) is 9.83. The maximum atomic E-state index is 12.3. The number of benzene rings is 3. The summed E-state index contributed by atoms with van der Waals surface area (Å²) in [6.45, 7) is 4.22. The molecule has 3 aromatic rings. The molecule has 0 unspecified atom stereocenters. The molecule has 0 amide bonds. The van der Waals surface area contributed by atoms with E-state index in [0.717, 1.165) is 11.1 Å². The Hall–Kier alpha value is -3.52. The third-order valence-electron chi connectivity index (χ3n) is 4.73. The normalized spacial score (nSPS) is 10.2. The number of esters is 1. The zero-order chi connectivity index (χ0) is 22.9. The highest BCUT2D eigenvalue weighted by atomic mass is 16.5. The van der Waals surface area contributed by atoms with Crippen molar-refractivity contribution in [3.63, 3.8) is 0 Å². The Kier molecular flexibility index (Phi) is 8.10. The van der Waals surface area contributed by atoms with Crippen molar-refractivity contribution in [2.24, 2.45) is 0 Å². The van der Waals surface area contributed by atoms with Gasteiger partial charge in [0.15, 0.2) is 0 Å². The van der Waals surface area contributed by atoms with Crippen molar-refractivity contribution in [2.75, 3.05) is 0 Å². The predicted molar refractivity (Wildman–Crippen MR) is 122 cm³/mol. The first-order chi connectivity index (χ1) is 15.5. The molecule has 3 N–H and O–H groups in total. The van der Waals surface area contributed by atoms with Crippen LogP contribution >= 0.6 is 0 Å². The van der Waals surface area contributed by atoms with Crippen LogP contribution in [0, 0.1) is 0 Å². The Morgan fingerprint density at radius 3 is 1.97 bits per heavy atom. The van der Waals surface area contributed by atoms with Gasteiger partial charge in [0.1, 0.15) is 24.7 Å². The monoisotopic (exact) mass is 432 g/mol. The Morgan fingerprint density at radius 1 is 0.844 bits per heavy atom. The van der Waals surface area contributed by atoms with E-state index in [9.17, 15) is 14.8 Å². The van der Waals surface area contributed by atoms with Gasteiger partial charge in [0.05, 0.1) is 5.56 Å². The highest BCUT2D eigenvalue weighted by Gasteiger charge is 2.12. The van der Waals surface area contributed by atoms with Gasteiger partial charge in [-0.15, -0.1) is 0 Å². The SMILES string of the molecule is C=C(OCc1ccccc1COC(=O)c1ccc(OBO)cc1)c1ccc(B(O)O)cc1. The summed E-state index contributed by atoms with van der Waals surface area (Å²) in [4.78, 5) is 12.3. The van der Waals surface area contributed by atoms with Crippen LogP contribution in [0.3, 0.4) is 0 Å². The second kappa shape index (κ2) is 11.2. The van der Waals surface area contributed by atoms with Gasteiger partial charge >= 0.3 is 20.8 Å². The van der Waals surface area contributed by atoms with E-state index in [1.165, 1.54) is 0 Å². The van der Waals surface area contributed by atoms with Crippen LogP contribution in [0.5, 0.6) is 5.75 Å². The lowest BCUT2D eigenvalue weighted by Gasteiger charge is -2.13. The standard InChI is InChI=1S/C23H22B2O7/c1-16(17-6-10-21(11-7-17)25(28)29)30-14-19-4-2-3-5-20(19)15-31-23(26)18-8-12-22(13-9-18)32-24-27/h2-13,24,27-29H,1,14-15H2. The minimum Gasteiger partial charge on any atom is -0.539 e. The summed E-state index contributed by atoms with van der Waals surface area (Å²) in [6.07, 6.45) is 0. The lowest BCUT2D eigenvalue weighted by Crippen LogP contribution is -2.29. The molecule has 7 nitrogen and oxygen atoms in total. The Morgan fingerprint density at radius 2 is 1.41 bits per heavy atom. The predicted octanol–water partition coefficient (Wildman–Crippen LogP) is 1.55. The highest BCUT2D eigenvalue weighted by Crippen LogP contribution is 2.19. The molecule has 0 aliphatic carbocycles. The summed E-state index contributed by atoms with van der Waals surface area (Å²) in [5.41, 5.74) is 3.10. The third-order valence-corrected chi connectivity index (χ3v) is 4.73. The Balaban J connectivity index is 1.58. The summed E-state index contributed by atoms with van der Waals surface area (Å²) >= 11 is 0. The van der Waals surface area contributed by atoms with Gasteiger partial charge < -0.3 is 29.2 Å². The molecule has 0 aliphatic rings. The molecule has 0 bridgehead atoms. The second-order valence-electron chi connectivity index (χ2n) is 6.85. The average Bonchev–Trinajstić information content (AvgIpc) is 2.82. The minimum absolute atomic E-state index is 0.0722. The fourth-order valence-electron chi connectivity index (χ4n) is 2.92. The van der Waals surface area contributed by atoms with Gasteiger partial charge in [-0.05, 0) is 40.9 Å². The third kappa shape index (κ3) is 6.24. The van der Waals surface area contributed by atoms with Crippen LogP contribution in [0.4, 0.5) is 0 Å². The van der Waals surface area contributed by atoms with Crippen LogP contribution < -0.4 is 10.1 Å². The van der Waals surface area contributed by atoms with Crippen molar-refractivity contribution >= 4 is 32.0 Å². The van der Waals surface area contributed by atoms with Gasteiger partial charge in [-0.3, -0.25) is 0 Å². The highest BCUT2D eigenvalue weighted by molar-refractivity contribution is 6.58. The van der Waals surface area contributed by atoms with Crippen molar-refractivity contribution < 1.29 is 34.0 Å². The van der Waals surface area contributed by atoms with Gasteiger partial charge in [-0.1, -0.05) is 55.1 Å². The van der Waals surface area contributed by atoms with E-state index in [2.05, 4.69) is 6.58 Å². The molecule has 0 spiro atoms. The molecule has 0 heterocycles. The molecule has 0 radical (unpaired) electrons. The second-order valence-corrected chi connectivity index (χ2v) is 6.85. The summed E-state index contributed by atoms with van der Waals surface area (Å²) < 4.78 is 16.2. The number of rotatable bonds is 10. The average molecular weight is 432 g/mol. The Bertz CT molecular complexity index is 1050. The number of carbonyl (C=O) groups is 1. The molecule has 3 aromatic carbocycles. The van der Waals surface area contributed by atoms with Gasteiger partial charge in [0, 0.05) is 5.56 Å². The number of hydrogen-bond acceptors (Lipinski definition) is 7. The smallest absolute Gasteiger partial charge is 0.504 e. The van der Waals surface area contributed by atoms with E-state index in [0.29, 0.717) is 28.1 Å². The van der Waals surface area contributed by atoms with Crippen molar-refractivity contribution in [3.8, 4) is 5.75 Å². The summed E-state index contributed by atoms with van der Waals surface area (Å²) in [7, 11) is -1.97. The molecule has 0 aromatic heterocycles. The van der Waals surface area contributed by atoms with Crippen LogP contribution in [0.2, 0.25) is 0 Å². The van der Waals surface area contributed by atoms with E-state index >= 15 is 0 Å². The molecule has 0 aliphatic heterocycles. The van der Waals surface area contributed by atoms with Crippen molar-refractivity contribution in [1.29, 1.82) is 0 Å². The molecule has 9 heteroatoms. The summed E-state index contributed by atoms with van der Waals surface area (Å²) in [5.74, 6) is 0.404. The number of ether oxygens (including phenoxy) is 2. The number of carbonyl (C=O) groups excluding carboxylic acids is 1.